The van der Waals surface area contributed by atoms with Crippen LogP contribution >= 0.6 is 11.3 Å². The molecule has 0 amide bonds. The molecule has 5 rings (SSSR count). The molecule has 6 heteroatoms. The lowest BCUT2D eigenvalue weighted by Gasteiger charge is -2.33. The number of benzene rings is 2. The van der Waals surface area contributed by atoms with Crippen LogP contribution in [0.25, 0.3) is 26.6 Å². The van der Waals surface area contributed by atoms with Crippen molar-refractivity contribution < 1.29 is 4.79 Å². The molecule has 0 N–H and O–H groups in total. The highest BCUT2D eigenvalue weighted by atomic mass is 32.1. The largest absolute Gasteiger partial charge is 0.293 e. The second kappa shape index (κ2) is 6.36. The molecule has 29 heavy (non-hydrogen) atoms. The predicted molar refractivity (Wildman–Crippen MR) is 113 cm³/mol. The normalized spacial score (nSPS) is 17.8. The average Bonchev–Trinajstić information content (AvgIpc) is 3.29. The maximum absolute atomic E-state index is 13.4. The number of carbonyl (C=O) groups excluding carboxylic acids is 1. The van der Waals surface area contributed by atoms with E-state index in [-0.39, 0.29) is 5.78 Å². The summed E-state index contributed by atoms with van der Waals surface area (Å²) in [5.74, 6) is -0.838. The molecule has 1 unspecified atom stereocenters. The molecule has 1 aliphatic carbocycles. The number of fused-ring (bicyclic) bond motifs is 2. The summed E-state index contributed by atoms with van der Waals surface area (Å²) in [6, 6.07) is 19.9. The molecule has 4 aromatic rings. The molecule has 0 radical (unpaired) electrons. The zero-order valence-corrected chi connectivity index (χ0v) is 16.9. The molecule has 5 nitrogen and oxygen atoms in total. The minimum absolute atomic E-state index is 0.148. The fraction of sp³-hybridized carbons (Fsp3) is 0.217. The number of aromatic nitrogens is 3. The van der Waals surface area contributed by atoms with Crippen LogP contribution in [-0.2, 0) is 6.42 Å². The summed E-state index contributed by atoms with van der Waals surface area (Å²) in [6.45, 7) is 3.94. The molecule has 2 aromatic carbocycles. The third kappa shape index (κ3) is 2.70. The number of carbonyl (C=O) groups is 1. The van der Waals surface area contributed by atoms with Crippen LogP contribution in [0, 0.1) is 22.7 Å². The van der Waals surface area contributed by atoms with Crippen molar-refractivity contribution in [1.82, 2.24) is 14.8 Å². The minimum atomic E-state index is -0.689. The predicted octanol–water partition coefficient (Wildman–Crippen LogP) is 5.05. The summed E-state index contributed by atoms with van der Waals surface area (Å²) >= 11 is 1.55. The number of Topliss-reactive ketones (excluding diaryl/α,β-unsaturated/α-hetero) is 1. The Hall–Kier alpha value is -3.30. The lowest BCUT2D eigenvalue weighted by Crippen LogP contribution is -2.37. The molecule has 1 aliphatic rings. The van der Waals surface area contributed by atoms with Gasteiger partial charge in [0, 0.05) is 5.56 Å². The summed E-state index contributed by atoms with van der Waals surface area (Å²) in [5, 5.41) is 15.3. The molecule has 0 fully saturated rings. The van der Waals surface area contributed by atoms with Crippen LogP contribution < -0.4 is 0 Å². The molecule has 1 atom stereocenters. The first-order valence-corrected chi connectivity index (χ1v) is 10.3. The van der Waals surface area contributed by atoms with Gasteiger partial charge in [0.15, 0.2) is 5.78 Å². The van der Waals surface area contributed by atoms with Crippen molar-refractivity contribution in [3.05, 3.63) is 65.9 Å². The molecule has 0 saturated heterocycles. The van der Waals surface area contributed by atoms with E-state index < -0.39 is 11.3 Å². The summed E-state index contributed by atoms with van der Waals surface area (Å²) in [4.78, 5) is 18.1. The van der Waals surface area contributed by atoms with Crippen LogP contribution in [0.4, 0.5) is 0 Å². The molecule has 0 spiro atoms. The second-order valence-corrected chi connectivity index (χ2v) is 9.01. The molecular formula is C23H18N4OS. The van der Waals surface area contributed by atoms with Gasteiger partial charge >= 0.3 is 0 Å². The van der Waals surface area contributed by atoms with Crippen molar-refractivity contribution >= 4 is 27.3 Å². The number of hydrogen-bond donors (Lipinski definition) is 0. The van der Waals surface area contributed by atoms with E-state index in [1.165, 1.54) is 0 Å². The highest BCUT2D eigenvalue weighted by Gasteiger charge is 2.45. The lowest BCUT2D eigenvalue weighted by molar-refractivity contribution is 0.0835. The standard InChI is InChI=1S/C23H18N4OS/c1-23(2)12-17-19(21(28)15(23)13-24)20(14-8-4-3-5-9-14)26-27(17)22-25-16-10-6-7-11-18(16)29-22/h3-11,15H,12H2,1-2H3. The van der Waals surface area contributed by atoms with E-state index in [1.807, 2.05) is 73.1 Å². The molecule has 0 bridgehead atoms. The van der Waals surface area contributed by atoms with Crippen molar-refractivity contribution in [1.29, 1.82) is 5.26 Å². The Balaban J connectivity index is 1.79. The molecule has 2 heterocycles. The van der Waals surface area contributed by atoms with Crippen molar-refractivity contribution in [3.63, 3.8) is 0 Å². The number of nitrogens with zero attached hydrogens (tertiary/aromatic N) is 4. The van der Waals surface area contributed by atoms with E-state index in [4.69, 9.17) is 10.1 Å². The first-order valence-electron chi connectivity index (χ1n) is 9.47. The molecule has 2 aromatic heterocycles. The number of ketones is 1. The smallest absolute Gasteiger partial charge is 0.211 e. The van der Waals surface area contributed by atoms with Gasteiger partial charge in [-0.25, -0.2) is 9.67 Å². The molecule has 142 valence electrons. The van der Waals surface area contributed by atoms with Crippen LogP contribution in [-0.4, -0.2) is 20.5 Å². The van der Waals surface area contributed by atoms with Gasteiger partial charge in [-0.3, -0.25) is 4.79 Å². The number of thiazole rings is 1. The highest BCUT2D eigenvalue weighted by molar-refractivity contribution is 7.20. The lowest BCUT2D eigenvalue weighted by atomic mass is 9.67. The fourth-order valence-corrected chi connectivity index (χ4v) is 4.99. The zero-order valence-electron chi connectivity index (χ0n) is 16.1. The van der Waals surface area contributed by atoms with Gasteiger partial charge in [-0.2, -0.15) is 10.4 Å². The first-order chi connectivity index (χ1) is 14.0. The minimum Gasteiger partial charge on any atom is -0.293 e. The van der Waals surface area contributed by atoms with E-state index >= 15 is 0 Å². The van der Waals surface area contributed by atoms with Gasteiger partial charge < -0.3 is 0 Å². The molecule has 0 aliphatic heterocycles. The first kappa shape index (κ1) is 17.8. The maximum atomic E-state index is 13.4. The number of hydrogen-bond acceptors (Lipinski definition) is 5. The Morgan fingerprint density at radius 2 is 1.86 bits per heavy atom. The summed E-state index contributed by atoms with van der Waals surface area (Å²) in [7, 11) is 0. The maximum Gasteiger partial charge on any atom is 0.211 e. The van der Waals surface area contributed by atoms with Gasteiger partial charge in [-0.15, -0.1) is 0 Å². The molecule has 0 saturated carbocycles. The van der Waals surface area contributed by atoms with E-state index in [9.17, 15) is 10.1 Å². The number of nitriles is 1. The van der Waals surface area contributed by atoms with Crippen LogP contribution in [0.5, 0.6) is 0 Å². The van der Waals surface area contributed by atoms with E-state index in [1.54, 1.807) is 11.3 Å². The van der Waals surface area contributed by atoms with Crippen molar-refractivity contribution in [2.75, 3.05) is 0 Å². The monoisotopic (exact) mass is 398 g/mol. The SMILES string of the molecule is CC1(C)Cc2c(c(-c3ccccc3)nn2-c2nc3ccccc3s2)C(=O)C1C#N. The topological polar surface area (TPSA) is 71.6 Å². The zero-order chi connectivity index (χ0) is 20.2. The van der Waals surface area contributed by atoms with Crippen LogP contribution in [0.15, 0.2) is 54.6 Å². The Kier molecular flexibility index (Phi) is 3.90. The van der Waals surface area contributed by atoms with Gasteiger partial charge in [0.1, 0.15) is 11.6 Å². The molecular weight excluding hydrogens is 380 g/mol. The Morgan fingerprint density at radius 3 is 2.59 bits per heavy atom. The van der Waals surface area contributed by atoms with Gasteiger partial charge in [-0.05, 0) is 24.0 Å². The van der Waals surface area contributed by atoms with E-state index in [2.05, 4.69) is 6.07 Å². The summed E-state index contributed by atoms with van der Waals surface area (Å²) < 4.78 is 2.89. The number of para-hydroxylation sites is 1. The summed E-state index contributed by atoms with van der Waals surface area (Å²) in [5.41, 5.74) is 3.33. The van der Waals surface area contributed by atoms with Crippen molar-refractivity contribution in [3.8, 4) is 22.5 Å². The highest BCUT2D eigenvalue weighted by Crippen LogP contribution is 2.43. The van der Waals surface area contributed by atoms with E-state index in [0.717, 1.165) is 26.6 Å². The fourth-order valence-electron chi connectivity index (χ4n) is 4.05. The Labute approximate surface area is 172 Å². The van der Waals surface area contributed by atoms with Gasteiger partial charge in [0.05, 0.1) is 27.5 Å². The average molecular weight is 398 g/mol. The van der Waals surface area contributed by atoms with Gasteiger partial charge in [0.2, 0.25) is 5.13 Å². The van der Waals surface area contributed by atoms with Crippen LogP contribution in [0.1, 0.15) is 29.9 Å². The van der Waals surface area contributed by atoms with Crippen LogP contribution in [0.2, 0.25) is 0 Å². The van der Waals surface area contributed by atoms with Gasteiger partial charge in [-0.1, -0.05) is 67.6 Å². The van der Waals surface area contributed by atoms with Crippen molar-refractivity contribution in [2.24, 2.45) is 11.3 Å². The summed E-state index contributed by atoms with van der Waals surface area (Å²) in [6.07, 6.45) is 0.585. The number of rotatable bonds is 2. The van der Waals surface area contributed by atoms with Crippen molar-refractivity contribution in [2.45, 2.75) is 20.3 Å². The van der Waals surface area contributed by atoms with E-state index in [0.29, 0.717) is 17.7 Å². The van der Waals surface area contributed by atoms with Crippen LogP contribution in [0.3, 0.4) is 0 Å². The second-order valence-electron chi connectivity index (χ2n) is 8.00. The third-order valence-corrected chi connectivity index (χ3v) is 6.55. The Morgan fingerprint density at radius 1 is 1.14 bits per heavy atom. The third-order valence-electron chi connectivity index (χ3n) is 5.53. The Bertz CT molecular complexity index is 1260. The van der Waals surface area contributed by atoms with Gasteiger partial charge in [0.25, 0.3) is 0 Å². The quantitative estimate of drug-likeness (QED) is 0.473.